The Hall–Kier alpha value is -2.46. The van der Waals surface area contributed by atoms with Gasteiger partial charge in [-0.2, -0.15) is 5.26 Å². The summed E-state index contributed by atoms with van der Waals surface area (Å²) in [6.07, 6.45) is 3.42. The fraction of sp³-hybridized carbons (Fsp3) is 0.286. The Bertz CT molecular complexity index is 671. The highest BCUT2D eigenvalue weighted by Gasteiger charge is 2.15. The second-order valence-electron chi connectivity index (χ2n) is 4.76. The molecule has 0 radical (unpaired) electrons. The van der Waals surface area contributed by atoms with Crippen LogP contribution >= 0.6 is 11.3 Å². The topological polar surface area (TPSA) is 73.1 Å². The zero-order valence-corrected chi connectivity index (χ0v) is 12.9. The summed E-state index contributed by atoms with van der Waals surface area (Å²) in [6, 6.07) is 3.63. The smallest absolute Gasteiger partial charge is 0.264 e. The molecule has 2 heterocycles. The molecule has 0 fully saturated rings. The van der Waals surface area contributed by atoms with E-state index >= 15 is 0 Å². The highest BCUT2D eigenvalue weighted by Crippen LogP contribution is 2.16. The van der Waals surface area contributed by atoms with Crippen molar-refractivity contribution in [1.29, 1.82) is 5.26 Å². The Labute approximate surface area is 127 Å². The highest BCUT2D eigenvalue weighted by atomic mass is 32.1. The van der Waals surface area contributed by atoms with Crippen molar-refractivity contribution in [2.45, 2.75) is 6.54 Å². The van der Waals surface area contributed by atoms with E-state index in [4.69, 9.17) is 5.26 Å². The number of nitriles is 1. The first kappa shape index (κ1) is 14.9. The third kappa shape index (κ3) is 3.55. The number of carbonyl (C=O) groups excluding carboxylic acids is 1. The number of thiophene rings is 1. The predicted octanol–water partition coefficient (Wildman–Crippen LogP) is 1.75. The molecule has 0 aliphatic heterocycles. The Morgan fingerprint density at radius 3 is 2.52 bits per heavy atom. The van der Waals surface area contributed by atoms with Gasteiger partial charge in [-0.15, -0.1) is 11.3 Å². The highest BCUT2D eigenvalue weighted by molar-refractivity contribution is 7.12. The first-order valence-electron chi connectivity index (χ1n) is 6.23. The molecule has 0 unspecified atom stereocenters. The van der Waals surface area contributed by atoms with Crippen LogP contribution in [-0.2, 0) is 6.54 Å². The summed E-state index contributed by atoms with van der Waals surface area (Å²) >= 11 is 1.28. The molecule has 108 valence electrons. The van der Waals surface area contributed by atoms with Gasteiger partial charge in [-0.3, -0.25) is 4.79 Å². The monoisotopic (exact) mass is 301 g/mol. The van der Waals surface area contributed by atoms with Gasteiger partial charge in [0.1, 0.15) is 6.07 Å². The van der Waals surface area contributed by atoms with E-state index in [1.165, 1.54) is 11.3 Å². The van der Waals surface area contributed by atoms with Crippen molar-refractivity contribution < 1.29 is 4.79 Å². The lowest BCUT2D eigenvalue weighted by molar-refractivity contribution is 0.0789. The standard InChI is InChI=1S/C14H15N5OS/c1-18(2)14-16-6-11(7-17-14)8-19(3)13(20)12-4-10(5-15)9-21-12/h4,6-7,9H,8H2,1-3H3. The van der Waals surface area contributed by atoms with Gasteiger partial charge in [-0.1, -0.05) is 0 Å². The SMILES string of the molecule is CN(Cc1cnc(N(C)C)nc1)C(=O)c1cc(C#N)cs1. The lowest BCUT2D eigenvalue weighted by atomic mass is 10.3. The zero-order chi connectivity index (χ0) is 15.4. The average Bonchev–Trinajstić information content (AvgIpc) is 2.95. The van der Waals surface area contributed by atoms with E-state index < -0.39 is 0 Å². The van der Waals surface area contributed by atoms with Gasteiger partial charge in [0.25, 0.3) is 5.91 Å². The first-order chi connectivity index (χ1) is 10.0. The lowest BCUT2D eigenvalue weighted by Crippen LogP contribution is -2.25. The van der Waals surface area contributed by atoms with Gasteiger partial charge in [0.05, 0.1) is 10.4 Å². The largest absolute Gasteiger partial charge is 0.347 e. The zero-order valence-electron chi connectivity index (χ0n) is 12.1. The number of hydrogen-bond acceptors (Lipinski definition) is 6. The van der Waals surface area contributed by atoms with E-state index in [0.29, 0.717) is 22.9 Å². The molecule has 0 aliphatic carbocycles. The maximum atomic E-state index is 12.2. The van der Waals surface area contributed by atoms with Crippen molar-refractivity contribution in [1.82, 2.24) is 14.9 Å². The van der Waals surface area contributed by atoms with Gasteiger partial charge in [-0.25, -0.2) is 9.97 Å². The third-order valence-corrected chi connectivity index (χ3v) is 3.72. The molecule has 21 heavy (non-hydrogen) atoms. The minimum absolute atomic E-state index is 0.113. The summed E-state index contributed by atoms with van der Waals surface area (Å²) in [6.45, 7) is 0.423. The van der Waals surface area contributed by atoms with E-state index in [9.17, 15) is 4.79 Å². The van der Waals surface area contributed by atoms with Crippen LogP contribution in [0.2, 0.25) is 0 Å². The molecule has 0 bridgehead atoms. The van der Waals surface area contributed by atoms with Crippen LogP contribution in [0.3, 0.4) is 0 Å². The summed E-state index contributed by atoms with van der Waals surface area (Å²) in [4.78, 5) is 24.6. The second kappa shape index (κ2) is 6.33. The van der Waals surface area contributed by atoms with Crippen LogP contribution in [0.5, 0.6) is 0 Å². The Morgan fingerprint density at radius 1 is 1.33 bits per heavy atom. The summed E-state index contributed by atoms with van der Waals surface area (Å²) in [5, 5.41) is 10.5. The van der Waals surface area contributed by atoms with Crippen LogP contribution in [0, 0.1) is 11.3 Å². The number of nitrogens with zero attached hydrogens (tertiary/aromatic N) is 5. The molecule has 7 heteroatoms. The quantitative estimate of drug-likeness (QED) is 0.860. The number of carbonyl (C=O) groups is 1. The van der Waals surface area contributed by atoms with E-state index in [1.807, 2.05) is 25.1 Å². The summed E-state index contributed by atoms with van der Waals surface area (Å²) < 4.78 is 0. The molecule has 2 rings (SSSR count). The maximum Gasteiger partial charge on any atom is 0.264 e. The molecule has 0 saturated carbocycles. The molecule has 6 nitrogen and oxygen atoms in total. The third-order valence-electron chi connectivity index (χ3n) is 2.80. The number of amides is 1. The van der Waals surface area contributed by atoms with Crippen LogP contribution in [0.4, 0.5) is 5.95 Å². The molecular weight excluding hydrogens is 286 g/mol. The molecule has 1 amide bonds. The van der Waals surface area contributed by atoms with Gasteiger partial charge in [0.2, 0.25) is 5.95 Å². The predicted molar refractivity (Wildman–Crippen MR) is 81.2 cm³/mol. The fourth-order valence-electron chi connectivity index (χ4n) is 1.70. The van der Waals surface area contributed by atoms with Gasteiger partial charge in [0, 0.05) is 51.0 Å². The number of hydrogen-bond donors (Lipinski definition) is 0. The van der Waals surface area contributed by atoms with Crippen LogP contribution in [0.15, 0.2) is 23.8 Å². The van der Waals surface area contributed by atoms with E-state index in [2.05, 4.69) is 9.97 Å². The first-order valence-corrected chi connectivity index (χ1v) is 7.11. The van der Waals surface area contributed by atoms with Gasteiger partial charge >= 0.3 is 0 Å². The molecule has 0 N–H and O–H groups in total. The second-order valence-corrected chi connectivity index (χ2v) is 5.67. The lowest BCUT2D eigenvalue weighted by Gasteiger charge is -2.16. The van der Waals surface area contributed by atoms with Crippen molar-refractivity contribution in [2.75, 3.05) is 26.0 Å². The summed E-state index contributed by atoms with van der Waals surface area (Å²) in [7, 11) is 5.45. The van der Waals surface area contributed by atoms with Crippen LogP contribution in [0.1, 0.15) is 20.8 Å². The number of aromatic nitrogens is 2. The molecule has 0 aromatic carbocycles. The Kier molecular flexibility index (Phi) is 4.50. The fourth-order valence-corrected chi connectivity index (χ4v) is 2.53. The molecule has 0 spiro atoms. The Balaban J connectivity index is 2.05. The van der Waals surface area contributed by atoms with Crippen molar-refractivity contribution in [2.24, 2.45) is 0 Å². The molecule has 0 saturated heterocycles. The van der Waals surface area contributed by atoms with E-state index in [1.54, 1.807) is 35.8 Å². The van der Waals surface area contributed by atoms with Gasteiger partial charge < -0.3 is 9.80 Å². The average molecular weight is 301 g/mol. The summed E-state index contributed by atoms with van der Waals surface area (Å²) in [5.41, 5.74) is 1.36. The molecule has 2 aromatic heterocycles. The van der Waals surface area contributed by atoms with Crippen LogP contribution in [0.25, 0.3) is 0 Å². The van der Waals surface area contributed by atoms with E-state index in [0.717, 1.165) is 5.56 Å². The van der Waals surface area contributed by atoms with Crippen molar-refractivity contribution in [3.8, 4) is 6.07 Å². The minimum atomic E-state index is -0.113. The van der Waals surface area contributed by atoms with Crippen LogP contribution < -0.4 is 4.90 Å². The minimum Gasteiger partial charge on any atom is -0.347 e. The summed E-state index contributed by atoms with van der Waals surface area (Å²) in [5.74, 6) is 0.517. The molecule has 0 aliphatic rings. The van der Waals surface area contributed by atoms with Crippen molar-refractivity contribution in [3.63, 3.8) is 0 Å². The Morgan fingerprint density at radius 2 is 2.00 bits per heavy atom. The van der Waals surface area contributed by atoms with Crippen molar-refractivity contribution in [3.05, 3.63) is 39.8 Å². The molecule has 0 atom stereocenters. The number of anilines is 1. The van der Waals surface area contributed by atoms with Crippen LogP contribution in [-0.4, -0.2) is 41.9 Å². The normalized spacial score (nSPS) is 10.0. The maximum absolute atomic E-state index is 12.2. The van der Waals surface area contributed by atoms with Crippen molar-refractivity contribution >= 4 is 23.2 Å². The van der Waals surface area contributed by atoms with E-state index in [-0.39, 0.29) is 5.91 Å². The molecule has 2 aromatic rings. The number of rotatable bonds is 4. The molecular formula is C14H15N5OS. The van der Waals surface area contributed by atoms with Gasteiger partial charge in [-0.05, 0) is 6.07 Å². The van der Waals surface area contributed by atoms with Gasteiger partial charge in [0.15, 0.2) is 0 Å².